The zero-order valence-electron chi connectivity index (χ0n) is 11.3. The van der Waals surface area contributed by atoms with Gasteiger partial charge in [0.25, 0.3) is 0 Å². The molecule has 2 aliphatic rings. The highest BCUT2D eigenvalue weighted by atomic mass is 32.1. The molecule has 2 aliphatic heterocycles. The third kappa shape index (κ3) is 2.49. The van der Waals surface area contributed by atoms with Crippen LogP contribution >= 0.6 is 11.3 Å². The number of likely N-dealkylation sites (tertiary alicyclic amines) is 1. The van der Waals surface area contributed by atoms with Crippen LogP contribution < -0.4 is 5.32 Å². The van der Waals surface area contributed by atoms with Crippen LogP contribution in [0, 0.1) is 0 Å². The van der Waals surface area contributed by atoms with Crippen molar-refractivity contribution in [1.82, 2.24) is 10.2 Å². The smallest absolute Gasteiger partial charge is 0.0416 e. The van der Waals surface area contributed by atoms with E-state index in [9.17, 15) is 0 Å². The van der Waals surface area contributed by atoms with Crippen LogP contribution in [0.25, 0.3) is 0 Å². The van der Waals surface area contributed by atoms with Crippen molar-refractivity contribution >= 4 is 11.3 Å². The Labute approximate surface area is 114 Å². The van der Waals surface area contributed by atoms with Crippen LogP contribution in [0.3, 0.4) is 0 Å². The van der Waals surface area contributed by atoms with Gasteiger partial charge in [-0.15, -0.1) is 11.3 Å². The second-order valence-corrected chi connectivity index (χ2v) is 6.67. The average molecular weight is 264 g/mol. The predicted octanol–water partition coefficient (Wildman–Crippen LogP) is 3.42. The minimum Gasteiger partial charge on any atom is -0.312 e. The van der Waals surface area contributed by atoms with Crippen LogP contribution in [-0.4, -0.2) is 30.1 Å². The molecule has 0 amide bonds. The summed E-state index contributed by atoms with van der Waals surface area (Å²) in [6.07, 6.45) is 6.91. The van der Waals surface area contributed by atoms with Crippen molar-refractivity contribution in [2.24, 2.45) is 0 Å². The van der Waals surface area contributed by atoms with Crippen molar-refractivity contribution in [3.05, 3.63) is 22.4 Å². The van der Waals surface area contributed by atoms with E-state index in [-0.39, 0.29) is 0 Å². The second kappa shape index (κ2) is 5.72. The molecular formula is C15H24N2S. The van der Waals surface area contributed by atoms with Crippen molar-refractivity contribution in [2.75, 3.05) is 13.1 Å². The Kier molecular flexibility index (Phi) is 4.02. The second-order valence-electron chi connectivity index (χ2n) is 5.70. The molecule has 0 saturated carbocycles. The first-order valence-corrected chi connectivity index (χ1v) is 8.27. The minimum atomic E-state index is 0.595. The molecule has 3 atom stereocenters. The molecule has 3 heterocycles. The summed E-state index contributed by atoms with van der Waals surface area (Å²) in [6, 6.07) is 6.58. The summed E-state index contributed by atoms with van der Waals surface area (Å²) in [6.45, 7) is 4.89. The number of hydrogen-bond acceptors (Lipinski definition) is 3. The van der Waals surface area contributed by atoms with E-state index < -0.39 is 0 Å². The van der Waals surface area contributed by atoms with Crippen LogP contribution in [0.5, 0.6) is 0 Å². The molecule has 2 saturated heterocycles. The summed E-state index contributed by atoms with van der Waals surface area (Å²) in [4.78, 5) is 4.29. The van der Waals surface area contributed by atoms with Gasteiger partial charge in [-0.1, -0.05) is 12.5 Å². The molecule has 0 aromatic carbocycles. The van der Waals surface area contributed by atoms with E-state index in [2.05, 4.69) is 34.7 Å². The van der Waals surface area contributed by atoms with Crippen molar-refractivity contribution in [2.45, 2.75) is 57.2 Å². The molecule has 18 heavy (non-hydrogen) atoms. The molecule has 3 rings (SSSR count). The molecule has 2 nitrogen and oxygen atoms in total. The Bertz CT molecular complexity index is 357. The highest BCUT2D eigenvalue weighted by molar-refractivity contribution is 7.10. The summed E-state index contributed by atoms with van der Waals surface area (Å²) in [5.74, 6) is 0. The summed E-state index contributed by atoms with van der Waals surface area (Å²) in [5, 5.41) is 5.93. The standard InChI is InChI=1S/C15H24N2S/c1-12(15-8-5-11-18-15)17-10-3-2-7-14(17)13-6-4-9-16-13/h5,8,11-14,16H,2-4,6-7,9-10H2,1H3. The van der Waals surface area contributed by atoms with E-state index in [4.69, 9.17) is 0 Å². The molecule has 1 N–H and O–H groups in total. The van der Waals surface area contributed by atoms with Gasteiger partial charge < -0.3 is 5.32 Å². The first-order chi connectivity index (χ1) is 8.86. The third-order valence-corrected chi connectivity index (χ3v) is 5.65. The Balaban J connectivity index is 1.74. The van der Waals surface area contributed by atoms with Gasteiger partial charge in [0.05, 0.1) is 0 Å². The van der Waals surface area contributed by atoms with Gasteiger partial charge in [0, 0.05) is 23.0 Å². The van der Waals surface area contributed by atoms with Crippen LogP contribution in [0.15, 0.2) is 17.5 Å². The van der Waals surface area contributed by atoms with Gasteiger partial charge in [0.15, 0.2) is 0 Å². The SMILES string of the molecule is CC(c1cccs1)N1CCCCC1C1CCCN1. The van der Waals surface area contributed by atoms with Gasteiger partial charge in [-0.05, 0) is 57.1 Å². The van der Waals surface area contributed by atoms with E-state index in [1.165, 1.54) is 50.1 Å². The Hall–Kier alpha value is -0.380. The van der Waals surface area contributed by atoms with E-state index >= 15 is 0 Å². The number of piperidine rings is 1. The monoisotopic (exact) mass is 264 g/mol. The number of nitrogens with one attached hydrogen (secondary N) is 1. The molecule has 0 radical (unpaired) electrons. The minimum absolute atomic E-state index is 0.595. The van der Waals surface area contributed by atoms with E-state index in [0.29, 0.717) is 6.04 Å². The first-order valence-electron chi connectivity index (χ1n) is 7.39. The summed E-state index contributed by atoms with van der Waals surface area (Å²) in [5.41, 5.74) is 0. The third-order valence-electron chi connectivity index (χ3n) is 4.61. The molecular weight excluding hydrogens is 240 g/mol. The molecule has 0 aliphatic carbocycles. The van der Waals surface area contributed by atoms with Gasteiger partial charge in [-0.25, -0.2) is 0 Å². The predicted molar refractivity (Wildman–Crippen MR) is 78.1 cm³/mol. The van der Waals surface area contributed by atoms with Gasteiger partial charge in [-0.2, -0.15) is 0 Å². The topological polar surface area (TPSA) is 15.3 Å². The lowest BCUT2D eigenvalue weighted by Crippen LogP contribution is -2.50. The zero-order chi connectivity index (χ0) is 12.4. The lowest BCUT2D eigenvalue weighted by atomic mass is 9.93. The van der Waals surface area contributed by atoms with Gasteiger partial charge in [0.1, 0.15) is 0 Å². The molecule has 3 heteroatoms. The maximum atomic E-state index is 3.72. The number of nitrogens with zero attached hydrogens (tertiary/aromatic N) is 1. The quantitative estimate of drug-likeness (QED) is 0.900. The normalized spacial score (nSPS) is 31.6. The Morgan fingerprint density at radius 1 is 1.33 bits per heavy atom. The largest absolute Gasteiger partial charge is 0.312 e. The Morgan fingerprint density at radius 3 is 3.00 bits per heavy atom. The van der Waals surface area contributed by atoms with Crippen LogP contribution in [0.4, 0.5) is 0 Å². The van der Waals surface area contributed by atoms with E-state index in [1.807, 2.05) is 11.3 Å². The molecule has 2 fully saturated rings. The lowest BCUT2D eigenvalue weighted by Gasteiger charge is -2.42. The molecule has 0 bridgehead atoms. The highest BCUT2D eigenvalue weighted by Gasteiger charge is 2.34. The molecule has 1 aromatic rings. The van der Waals surface area contributed by atoms with Crippen LogP contribution in [0.1, 0.15) is 49.9 Å². The summed E-state index contributed by atoms with van der Waals surface area (Å²) >= 11 is 1.91. The molecule has 0 spiro atoms. The maximum absolute atomic E-state index is 3.72. The van der Waals surface area contributed by atoms with Crippen molar-refractivity contribution in [1.29, 1.82) is 0 Å². The van der Waals surface area contributed by atoms with Gasteiger partial charge in [-0.3, -0.25) is 4.90 Å². The number of thiophene rings is 1. The lowest BCUT2D eigenvalue weighted by molar-refractivity contribution is 0.0818. The Morgan fingerprint density at radius 2 is 2.28 bits per heavy atom. The number of hydrogen-bond donors (Lipinski definition) is 1. The van der Waals surface area contributed by atoms with Gasteiger partial charge in [0.2, 0.25) is 0 Å². The van der Waals surface area contributed by atoms with Gasteiger partial charge >= 0.3 is 0 Å². The van der Waals surface area contributed by atoms with E-state index in [1.54, 1.807) is 0 Å². The van der Waals surface area contributed by atoms with Crippen molar-refractivity contribution in [3.8, 4) is 0 Å². The summed E-state index contributed by atoms with van der Waals surface area (Å²) < 4.78 is 0. The molecule has 3 unspecified atom stereocenters. The number of rotatable bonds is 3. The fraction of sp³-hybridized carbons (Fsp3) is 0.733. The van der Waals surface area contributed by atoms with Crippen molar-refractivity contribution in [3.63, 3.8) is 0 Å². The first kappa shape index (κ1) is 12.6. The fourth-order valence-corrected chi connectivity index (χ4v) is 4.43. The summed E-state index contributed by atoms with van der Waals surface area (Å²) in [7, 11) is 0. The zero-order valence-corrected chi connectivity index (χ0v) is 12.1. The highest BCUT2D eigenvalue weighted by Crippen LogP contribution is 2.33. The van der Waals surface area contributed by atoms with Crippen LogP contribution in [-0.2, 0) is 0 Å². The van der Waals surface area contributed by atoms with E-state index in [0.717, 1.165) is 12.1 Å². The van der Waals surface area contributed by atoms with Crippen LogP contribution in [0.2, 0.25) is 0 Å². The maximum Gasteiger partial charge on any atom is 0.0416 e. The molecule has 100 valence electrons. The fourth-order valence-electron chi connectivity index (χ4n) is 3.63. The average Bonchev–Trinajstić information content (AvgIpc) is 3.11. The molecule has 1 aromatic heterocycles. The van der Waals surface area contributed by atoms with Crippen molar-refractivity contribution < 1.29 is 0 Å².